The fourth-order valence-electron chi connectivity index (χ4n) is 3.52. The molecule has 3 heterocycles. The molecule has 4 rings (SSSR count). The number of aryl methyl sites for hydroxylation is 3. The van der Waals surface area contributed by atoms with Gasteiger partial charge in [-0.1, -0.05) is 41.0 Å². The van der Waals surface area contributed by atoms with Crippen molar-refractivity contribution in [3.8, 4) is 5.69 Å². The maximum absolute atomic E-state index is 13.0. The number of thioether (sulfide) groups is 1. The second-order valence-electron chi connectivity index (χ2n) is 7.28. The molecule has 0 fully saturated rings. The molecule has 0 amide bonds. The van der Waals surface area contributed by atoms with Crippen LogP contribution in [-0.2, 0) is 0 Å². The normalized spacial score (nSPS) is 11.4. The zero-order valence-corrected chi connectivity index (χ0v) is 19.4. The lowest BCUT2D eigenvalue weighted by Gasteiger charge is -2.12. The second kappa shape index (κ2) is 8.10. The van der Waals surface area contributed by atoms with Gasteiger partial charge in [-0.2, -0.15) is 0 Å². The van der Waals surface area contributed by atoms with E-state index in [1.807, 2.05) is 19.9 Å². The number of pyridine rings is 1. The van der Waals surface area contributed by atoms with E-state index >= 15 is 0 Å². The SMILES string of the molecule is Cc1ccc(-n2c(C)cc(C(=O)CSc3nnc4c(Cl)cc(Cl)cn34)c2C)cc1C. The molecule has 0 aliphatic heterocycles. The summed E-state index contributed by atoms with van der Waals surface area (Å²) < 4.78 is 3.83. The highest BCUT2D eigenvalue weighted by Gasteiger charge is 2.19. The number of halogens is 2. The van der Waals surface area contributed by atoms with Crippen molar-refractivity contribution in [1.82, 2.24) is 19.2 Å². The molecule has 0 aliphatic rings. The average Bonchev–Trinajstić information content (AvgIpc) is 3.23. The summed E-state index contributed by atoms with van der Waals surface area (Å²) in [5, 5.41) is 9.72. The Labute approximate surface area is 189 Å². The summed E-state index contributed by atoms with van der Waals surface area (Å²) in [6.45, 7) is 8.18. The number of fused-ring (bicyclic) bond motifs is 1. The minimum absolute atomic E-state index is 0.0352. The molecule has 5 nitrogen and oxygen atoms in total. The summed E-state index contributed by atoms with van der Waals surface area (Å²) in [5.74, 6) is 0.273. The van der Waals surface area contributed by atoms with Crippen LogP contribution in [0.25, 0.3) is 11.3 Å². The Morgan fingerprint density at radius 1 is 1.03 bits per heavy atom. The van der Waals surface area contributed by atoms with Crippen molar-refractivity contribution in [1.29, 1.82) is 0 Å². The zero-order chi connectivity index (χ0) is 21.6. The van der Waals surface area contributed by atoms with Crippen LogP contribution in [-0.4, -0.2) is 30.7 Å². The summed E-state index contributed by atoms with van der Waals surface area (Å²) >= 11 is 13.6. The Kier molecular flexibility index (Phi) is 5.66. The van der Waals surface area contributed by atoms with Crippen LogP contribution in [0.15, 0.2) is 41.7 Å². The molecule has 4 aromatic rings. The topological polar surface area (TPSA) is 52.2 Å². The molecule has 0 atom stereocenters. The van der Waals surface area contributed by atoms with Crippen LogP contribution in [0.4, 0.5) is 0 Å². The Balaban J connectivity index is 1.60. The maximum Gasteiger partial charge on any atom is 0.196 e. The standard InChI is InChI=1S/C22H20Cl2N4OS/c1-12-5-6-17(7-13(12)2)28-14(3)8-18(15(28)4)20(29)11-30-22-26-25-21-19(24)9-16(23)10-27(21)22/h5-10H,11H2,1-4H3. The van der Waals surface area contributed by atoms with E-state index in [-0.39, 0.29) is 11.5 Å². The molecule has 0 unspecified atom stereocenters. The van der Waals surface area contributed by atoms with Gasteiger partial charge in [0.25, 0.3) is 0 Å². The van der Waals surface area contributed by atoms with Crippen molar-refractivity contribution in [2.45, 2.75) is 32.9 Å². The summed E-state index contributed by atoms with van der Waals surface area (Å²) in [5.41, 5.74) is 6.71. The first-order chi connectivity index (χ1) is 14.3. The molecular formula is C22H20Cl2N4OS. The van der Waals surface area contributed by atoms with Crippen LogP contribution >= 0.6 is 35.0 Å². The van der Waals surface area contributed by atoms with Crippen LogP contribution in [0.5, 0.6) is 0 Å². The Hall–Kier alpha value is -2.28. The largest absolute Gasteiger partial charge is 0.318 e. The number of aromatic nitrogens is 4. The molecule has 8 heteroatoms. The minimum atomic E-state index is 0.0352. The van der Waals surface area contributed by atoms with Gasteiger partial charge in [-0.25, -0.2) is 0 Å². The predicted molar refractivity (Wildman–Crippen MR) is 123 cm³/mol. The summed E-state index contributed by atoms with van der Waals surface area (Å²) in [4.78, 5) is 13.0. The van der Waals surface area contributed by atoms with E-state index < -0.39 is 0 Å². The fourth-order valence-corrected chi connectivity index (χ4v) is 4.82. The number of Topliss-reactive ketones (excluding diaryl/α,β-unsaturated/α-hetero) is 1. The third kappa shape index (κ3) is 3.75. The van der Waals surface area contributed by atoms with Gasteiger partial charge in [0, 0.05) is 28.8 Å². The quantitative estimate of drug-likeness (QED) is 0.270. The molecule has 0 N–H and O–H groups in total. The molecule has 0 saturated heterocycles. The number of carbonyl (C=O) groups excluding carboxylic acids is 1. The molecular weight excluding hydrogens is 439 g/mol. The van der Waals surface area contributed by atoms with Crippen LogP contribution in [0.3, 0.4) is 0 Å². The van der Waals surface area contributed by atoms with E-state index in [1.165, 1.54) is 22.9 Å². The highest BCUT2D eigenvalue weighted by Crippen LogP contribution is 2.27. The van der Waals surface area contributed by atoms with Gasteiger partial charge in [-0.3, -0.25) is 9.20 Å². The monoisotopic (exact) mass is 458 g/mol. The Bertz CT molecular complexity index is 1290. The van der Waals surface area contributed by atoms with Gasteiger partial charge in [0.05, 0.1) is 15.8 Å². The van der Waals surface area contributed by atoms with E-state index in [1.54, 1.807) is 16.7 Å². The van der Waals surface area contributed by atoms with E-state index in [0.29, 0.717) is 26.4 Å². The van der Waals surface area contributed by atoms with Crippen molar-refractivity contribution < 1.29 is 4.79 Å². The van der Waals surface area contributed by atoms with E-state index in [9.17, 15) is 4.79 Å². The molecule has 30 heavy (non-hydrogen) atoms. The molecule has 0 bridgehead atoms. The number of nitrogens with zero attached hydrogens (tertiary/aromatic N) is 4. The van der Waals surface area contributed by atoms with Crippen molar-refractivity contribution in [2.24, 2.45) is 0 Å². The van der Waals surface area contributed by atoms with Crippen LogP contribution in [0.1, 0.15) is 32.9 Å². The van der Waals surface area contributed by atoms with Gasteiger partial charge >= 0.3 is 0 Å². The lowest BCUT2D eigenvalue weighted by Crippen LogP contribution is -2.06. The molecule has 1 aromatic carbocycles. The Morgan fingerprint density at radius 2 is 1.80 bits per heavy atom. The van der Waals surface area contributed by atoms with Crippen molar-refractivity contribution in [3.05, 3.63) is 74.7 Å². The fraction of sp³-hybridized carbons (Fsp3) is 0.227. The number of ketones is 1. The first-order valence-corrected chi connectivity index (χ1v) is 11.1. The summed E-state index contributed by atoms with van der Waals surface area (Å²) in [7, 11) is 0. The third-order valence-electron chi connectivity index (χ3n) is 5.21. The molecule has 0 saturated carbocycles. The Morgan fingerprint density at radius 3 is 2.53 bits per heavy atom. The second-order valence-corrected chi connectivity index (χ2v) is 9.07. The van der Waals surface area contributed by atoms with Gasteiger partial charge in [-0.15, -0.1) is 10.2 Å². The maximum atomic E-state index is 13.0. The average molecular weight is 459 g/mol. The lowest BCUT2D eigenvalue weighted by atomic mass is 10.1. The molecule has 0 aliphatic carbocycles. The van der Waals surface area contributed by atoms with Gasteiger partial charge in [0.1, 0.15) is 0 Å². The van der Waals surface area contributed by atoms with Gasteiger partial charge in [0.15, 0.2) is 16.6 Å². The first-order valence-electron chi connectivity index (χ1n) is 9.38. The lowest BCUT2D eigenvalue weighted by molar-refractivity contribution is 0.102. The van der Waals surface area contributed by atoms with Crippen LogP contribution in [0, 0.1) is 27.7 Å². The molecule has 3 aromatic heterocycles. The van der Waals surface area contributed by atoms with E-state index in [4.69, 9.17) is 23.2 Å². The van der Waals surface area contributed by atoms with Gasteiger partial charge in [-0.05, 0) is 63.1 Å². The van der Waals surface area contributed by atoms with Crippen LogP contribution in [0.2, 0.25) is 10.0 Å². The summed E-state index contributed by atoms with van der Waals surface area (Å²) in [6, 6.07) is 9.90. The highest BCUT2D eigenvalue weighted by atomic mass is 35.5. The molecule has 154 valence electrons. The molecule has 0 spiro atoms. The number of hydrogen-bond acceptors (Lipinski definition) is 4. The van der Waals surface area contributed by atoms with Gasteiger partial charge < -0.3 is 4.57 Å². The van der Waals surface area contributed by atoms with Crippen molar-refractivity contribution in [2.75, 3.05) is 5.75 Å². The highest BCUT2D eigenvalue weighted by molar-refractivity contribution is 7.99. The van der Waals surface area contributed by atoms with Crippen LogP contribution < -0.4 is 0 Å². The van der Waals surface area contributed by atoms with Crippen molar-refractivity contribution in [3.63, 3.8) is 0 Å². The third-order valence-corrected chi connectivity index (χ3v) is 6.64. The number of rotatable bonds is 5. The molecule has 0 radical (unpaired) electrons. The predicted octanol–water partition coefficient (Wildman–Crippen LogP) is 6.04. The first kappa shape index (κ1) is 21.0. The minimum Gasteiger partial charge on any atom is -0.318 e. The number of carbonyl (C=O) groups is 1. The van der Waals surface area contributed by atoms with E-state index in [0.717, 1.165) is 17.1 Å². The van der Waals surface area contributed by atoms with E-state index in [2.05, 4.69) is 46.8 Å². The smallest absolute Gasteiger partial charge is 0.196 e. The summed E-state index contributed by atoms with van der Waals surface area (Å²) in [6.07, 6.45) is 1.70. The van der Waals surface area contributed by atoms with Crippen molar-refractivity contribution >= 4 is 46.4 Å². The number of hydrogen-bond donors (Lipinski definition) is 0. The zero-order valence-electron chi connectivity index (χ0n) is 17.0. The number of benzene rings is 1. The van der Waals surface area contributed by atoms with Gasteiger partial charge in [0.2, 0.25) is 0 Å².